The topological polar surface area (TPSA) is 121 Å². The van der Waals surface area contributed by atoms with Crippen molar-refractivity contribution in [1.82, 2.24) is 25.6 Å². The van der Waals surface area contributed by atoms with Crippen LogP contribution in [0.3, 0.4) is 0 Å². The molecule has 0 saturated heterocycles. The number of rotatable bonds is 10. The Kier molecular flexibility index (Phi) is 8.25. The molecule has 0 aliphatic heterocycles. The number of hydrogen-bond donors (Lipinski definition) is 4. The van der Waals surface area contributed by atoms with Gasteiger partial charge in [0.2, 0.25) is 17.7 Å². The fourth-order valence-corrected chi connectivity index (χ4v) is 5.09. The highest BCUT2D eigenvalue weighted by Crippen LogP contribution is 2.57. The van der Waals surface area contributed by atoms with E-state index in [0.29, 0.717) is 21.8 Å². The maximum absolute atomic E-state index is 13.2. The van der Waals surface area contributed by atoms with E-state index in [1.165, 1.54) is 6.07 Å². The van der Waals surface area contributed by atoms with Crippen LogP contribution in [-0.4, -0.2) is 52.3 Å². The normalized spacial score (nSPS) is 16.8. The van der Waals surface area contributed by atoms with Crippen LogP contribution in [0.15, 0.2) is 24.3 Å². The molecule has 3 aromatic rings. The molecular formula is C27H29ClF4N6O3. The number of amides is 2. The number of nitrogens with one attached hydrogen (secondary N) is 4. The van der Waals surface area contributed by atoms with Gasteiger partial charge in [-0.25, -0.2) is 4.39 Å². The fourth-order valence-electron chi connectivity index (χ4n) is 4.92. The Balaban J connectivity index is 1.32. The Bertz CT molecular complexity index is 1440. The average molecular weight is 597 g/mol. The number of halogens is 5. The van der Waals surface area contributed by atoms with Crippen LogP contribution in [0.1, 0.15) is 60.9 Å². The second-order valence-corrected chi connectivity index (χ2v) is 10.8. The highest BCUT2D eigenvalue weighted by atomic mass is 35.5. The van der Waals surface area contributed by atoms with E-state index < -0.39 is 24.2 Å². The Morgan fingerprint density at radius 3 is 2.56 bits per heavy atom. The number of imidazole rings is 1. The number of anilines is 2. The molecule has 14 heteroatoms. The fraction of sp³-hybridized carbons (Fsp3) is 0.481. The van der Waals surface area contributed by atoms with Gasteiger partial charge in [0.05, 0.1) is 16.2 Å². The smallest absolute Gasteiger partial charge is 0.403 e. The molecular weight excluding hydrogens is 568 g/mol. The molecule has 4 N–H and O–H groups in total. The van der Waals surface area contributed by atoms with Crippen molar-refractivity contribution >= 4 is 46.2 Å². The molecule has 0 radical (unpaired) electrons. The minimum absolute atomic E-state index is 0.0374. The number of alkyl halides is 4. The van der Waals surface area contributed by atoms with Gasteiger partial charge in [-0.2, -0.15) is 23.1 Å². The van der Waals surface area contributed by atoms with Crippen molar-refractivity contribution in [2.24, 2.45) is 5.41 Å². The van der Waals surface area contributed by atoms with Gasteiger partial charge in [0.15, 0.2) is 5.65 Å². The molecule has 41 heavy (non-hydrogen) atoms. The van der Waals surface area contributed by atoms with Crippen LogP contribution in [-0.2, 0) is 11.3 Å². The Morgan fingerprint density at radius 2 is 1.88 bits per heavy atom. The first kappa shape index (κ1) is 28.9. The lowest BCUT2D eigenvalue weighted by molar-refractivity contribution is -0.192. The summed E-state index contributed by atoms with van der Waals surface area (Å²) < 4.78 is 58.0. The molecule has 220 valence electrons. The van der Waals surface area contributed by atoms with Crippen molar-refractivity contribution in [3.63, 3.8) is 0 Å². The van der Waals surface area contributed by atoms with Gasteiger partial charge in [-0.05, 0) is 49.4 Å². The summed E-state index contributed by atoms with van der Waals surface area (Å²) in [5, 5.41) is 8.67. The molecule has 0 spiro atoms. The third kappa shape index (κ3) is 6.34. The molecule has 9 nitrogen and oxygen atoms in total. The quantitative estimate of drug-likeness (QED) is 0.222. The molecule has 0 unspecified atom stereocenters. The first-order valence-corrected chi connectivity index (χ1v) is 13.8. The van der Waals surface area contributed by atoms with Crippen LogP contribution in [0.5, 0.6) is 5.88 Å². The highest BCUT2D eigenvalue weighted by molar-refractivity contribution is 6.33. The summed E-state index contributed by atoms with van der Waals surface area (Å²) in [7, 11) is 0. The van der Waals surface area contributed by atoms with Gasteiger partial charge in [-0.1, -0.05) is 36.9 Å². The van der Waals surface area contributed by atoms with Crippen molar-refractivity contribution in [3.8, 4) is 5.88 Å². The van der Waals surface area contributed by atoms with Crippen molar-refractivity contribution in [3.05, 3.63) is 40.4 Å². The maximum Gasteiger partial charge on any atom is 0.403 e. The number of nitrogens with zero attached hydrogens (tertiary/aromatic N) is 2. The number of benzene rings is 1. The Morgan fingerprint density at radius 1 is 1.12 bits per heavy atom. The number of hydrogen-bond acceptors (Lipinski definition) is 6. The Hall–Kier alpha value is -3.61. The zero-order valence-electron chi connectivity index (χ0n) is 22.0. The molecule has 1 aromatic carbocycles. The molecule has 2 aliphatic carbocycles. The number of pyridine rings is 1. The van der Waals surface area contributed by atoms with Crippen LogP contribution >= 0.6 is 11.6 Å². The summed E-state index contributed by atoms with van der Waals surface area (Å²) in [6.07, 6.45) is -0.0667. The van der Waals surface area contributed by atoms with Gasteiger partial charge in [0.25, 0.3) is 5.91 Å². The van der Waals surface area contributed by atoms with E-state index in [0.717, 1.165) is 32.1 Å². The lowest BCUT2D eigenvalue weighted by atomic mass is 9.95. The predicted octanol–water partition coefficient (Wildman–Crippen LogP) is 5.72. The van der Waals surface area contributed by atoms with Gasteiger partial charge in [-0.15, -0.1) is 0 Å². The standard InChI is InChI=1S/C27H29ClF4N6O3/c28-18-7-6-15(14-33-24(40)26(8-9-26)27(30,31)32)12-19(18)35-25-36-20-13-17(22(39)34-16-4-2-1-3-5-16)23(41-11-10-29)37-21(20)38-25/h6-7,12-13,16H,1-5,8-11,14H2,(H,33,40)(H,34,39)(H2,35,36,37,38). The van der Waals surface area contributed by atoms with Gasteiger partial charge in [0.1, 0.15) is 24.3 Å². The van der Waals surface area contributed by atoms with Gasteiger partial charge in [-0.3, -0.25) is 9.59 Å². The summed E-state index contributed by atoms with van der Waals surface area (Å²) >= 11 is 6.33. The predicted molar refractivity (Wildman–Crippen MR) is 144 cm³/mol. The number of carbonyl (C=O) groups excluding carboxylic acids is 2. The summed E-state index contributed by atoms with van der Waals surface area (Å²) in [4.78, 5) is 37.0. The summed E-state index contributed by atoms with van der Waals surface area (Å²) in [6, 6.07) is 6.29. The summed E-state index contributed by atoms with van der Waals surface area (Å²) in [5.41, 5.74) is -0.650. The number of ether oxygens (including phenoxy) is 1. The van der Waals surface area contributed by atoms with E-state index in [1.807, 2.05) is 0 Å². The summed E-state index contributed by atoms with van der Waals surface area (Å²) in [6.45, 7) is -1.16. The molecule has 2 aliphatic rings. The molecule has 2 heterocycles. The lowest BCUT2D eigenvalue weighted by Gasteiger charge is -2.23. The molecule has 0 atom stereocenters. The largest absolute Gasteiger partial charge is 0.474 e. The molecule has 5 rings (SSSR count). The first-order chi connectivity index (χ1) is 19.6. The highest BCUT2D eigenvalue weighted by Gasteiger charge is 2.68. The van der Waals surface area contributed by atoms with Gasteiger partial charge < -0.3 is 25.7 Å². The minimum Gasteiger partial charge on any atom is -0.474 e. The van der Waals surface area contributed by atoms with E-state index in [9.17, 15) is 27.2 Å². The second-order valence-electron chi connectivity index (χ2n) is 10.3. The van der Waals surface area contributed by atoms with Crippen molar-refractivity contribution in [2.45, 2.75) is 63.7 Å². The van der Waals surface area contributed by atoms with Crippen LogP contribution < -0.4 is 20.7 Å². The van der Waals surface area contributed by atoms with E-state index in [2.05, 4.69) is 30.9 Å². The zero-order valence-corrected chi connectivity index (χ0v) is 22.7. The number of aromatic nitrogens is 3. The van der Waals surface area contributed by atoms with Gasteiger partial charge in [0, 0.05) is 12.6 Å². The molecule has 0 bridgehead atoms. The van der Waals surface area contributed by atoms with Gasteiger partial charge >= 0.3 is 6.18 Å². The van der Waals surface area contributed by atoms with E-state index in [4.69, 9.17) is 16.3 Å². The van der Waals surface area contributed by atoms with Crippen LogP contribution in [0.25, 0.3) is 11.2 Å². The maximum atomic E-state index is 13.2. The van der Waals surface area contributed by atoms with E-state index in [1.54, 1.807) is 18.2 Å². The van der Waals surface area contributed by atoms with Crippen LogP contribution in [0, 0.1) is 5.41 Å². The van der Waals surface area contributed by atoms with E-state index >= 15 is 0 Å². The third-order valence-electron chi connectivity index (χ3n) is 7.40. The van der Waals surface area contributed by atoms with E-state index in [-0.39, 0.29) is 61.0 Å². The van der Waals surface area contributed by atoms with Crippen molar-refractivity contribution in [1.29, 1.82) is 0 Å². The second kappa shape index (κ2) is 11.7. The SMILES string of the molecule is O=C(NC1CCCCC1)c1cc2[nH]c(Nc3cc(CNC(=O)C4(C(F)(F)F)CC4)ccc3Cl)nc2nc1OCCF. The first-order valence-electron chi connectivity index (χ1n) is 13.4. The van der Waals surface area contributed by atoms with Crippen molar-refractivity contribution in [2.75, 3.05) is 18.6 Å². The number of fused-ring (bicyclic) bond motifs is 1. The number of H-pyrrole nitrogens is 1. The lowest BCUT2D eigenvalue weighted by Crippen LogP contribution is -2.40. The minimum atomic E-state index is -4.59. The third-order valence-corrected chi connectivity index (χ3v) is 7.73. The average Bonchev–Trinajstić information content (AvgIpc) is 3.68. The van der Waals surface area contributed by atoms with Crippen LogP contribution in [0.4, 0.5) is 29.2 Å². The monoisotopic (exact) mass is 596 g/mol. The zero-order chi connectivity index (χ0) is 29.2. The molecule has 2 saturated carbocycles. The number of aromatic amines is 1. The summed E-state index contributed by atoms with van der Waals surface area (Å²) in [5.74, 6) is -1.25. The molecule has 2 aromatic heterocycles. The van der Waals surface area contributed by atoms with Crippen LogP contribution in [0.2, 0.25) is 5.02 Å². The number of carbonyl (C=O) groups is 2. The molecule has 2 amide bonds. The molecule has 2 fully saturated rings. The van der Waals surface area contributed by atoms with Crippen molar-refractivity contribution < 1.29 is 31.9 Å². The Labute approximate surface area is 237 Å².